The lowest BCUT2D eigenvalue weighted by molar-refractivity contribution is 0.209. The number of aromatic hydroxyl groups is 2. The van der Waals surface area contributed by atoms with Crippen LogP contribution in [0, 0.1) is 13.8 Å². The van der Waals surface area contributed by atoms with Gasteiger partial charge in [0.1, 0.15) is 5.75 Å². The van der Waals surface area contributed by atoms with Crippen LogP contribution in [0.3, 0.4) is 0 Å². The number of aromatic nitrogens is 3. The first kappa shape index (κ1) is 18.1. The lowest BCUT2D eigenvalue weighted by atomic mass is 10.1. The third-order valence-electron chi connectivity index (χ3n) is 3.88. The van der Waals surface area contributed by atoms with E-state index in [1.54, 1.807) is 0 Å². The Morgan fingerprint density at radius 2 is 1.70 bits per heavy atom. The van der Waals surface area contributed by atoms with Crippen molar-refractivity contribution in [1.29, 1.82) is 0 Å². The van der Waals surface area contributed by atoms with Gasteiger partial charge < -0.3 is 20.1 Å². The van der Waals surface area contributed by atoms with E-state index < -0.39 is 6.09 Å². The maximum absolute atomic E-state index is 11.1. The molecule has 0 aliphatic rings. The molecule has 0 saturated heterocycles. The monoisotopic (exact) mass is 370 g/mol. The zero-order valence-electron chi connectivity index (χ0n) is 14.9. The fourth-order valence-electron chi connectivity index (χ4n) is 2.86. The molecule has 1 aromatic heterocycles. The minimum absolute atomic E-state index is 0.0334. The average molecular weight is 370 g/mol. The van der Waals surface area contributed by atoms with Crippen LogP contribution in [0.25, 0.3) is 17.1 Å². The molecule has 27 heavy (non-hydrogen) atoms. The van der Waals surface area contributed by atoms with Crippen molar-refractivity contribution in [2.75, 3.05) is 12.4 Å². The number of carboxylic acid groups (broad SMARTS) is 1. The maximum Gasteiger partial charge on any atom is 0.411 e. The van der Waals surface area contributed by atoms with Crippen molar-refractivity contribution >= 4 is 12.0 Å². The van der Waals surface area contributed by atoms with Gasteiger partial charge in [0.2, 0.25) is 5.95 Å². The molecule has 1 amide bonds. The van der Waals surface area contributed by atoms with Crippen molar-refractivity contribution in [2.24, 2.45) is 0 Å². The molecule has 0 atom stereocenters. The topological polar surface area (TPSA) is 130 Å². The summed E-state index contributed by atoms with van der Waals surface area (Å²) in [6, 6.07) is 8.17. The van der Waals surface area contributed by atoms with E-state index in [2.05, 4.69) is 15.5 Å². The molecule has 0 aliphatic heterocycles. The number of hydrogen-bond acceptors (Lipinski definition) is 6. The van der Waals surface area contributed by atoms with E-state index in [-0.39, 0.29) is 34.6 Å². The number of methoxy groups -OCH3 is 1. The fraction of sp³-hybridized carbons (Fsp3) is 0.167. The highest BCUT2D eigenvalue weighted by Crippen LogP contribution is 2.39. The highest BCUT2D eigenvalue weighted by Gasteiger charge is 2.21. The molecule has 0 spiro atoms. The molecule has 9 heteroatoms. The Balaban J connectivity index is 2.29. The predicted octanol–water partition coefficient (Wildman–Crippen LogP) is 3.06. The highest BCUT2D eigenvalue weighted by molar-refractivity contribution is 5.82. The molecular formula is C18H18N4O5. The van der Waals surface area contributed by atoms with E-state index in [1.165, 1.54) is 17.7 Å². The largest absolute Gasteiger partial charge is 0.507 e. The minimum Gasteiger partial charge on any atom is -0.507 e. The zero-order chi connectivity index (χ0) is 19.7. The number of benzene rings is 2. The van der Waals surface area contributed by atoms with Crippen molar-refractivity contribution in [3.63, 3.8) is 0 Å². The Kier molecular flexibility index (Phi) is 4.59. The van der Waals surface area contributed by atoms with E-state index in [0.717, 1.165) is 17.2 Å². The van der Waals surface area contributed by atoms with Gasteiger partial charge in [-0.2, -0.15) is 0 Å². The predicted molar refractivity (Wildman–Crippen MR) is 97.8 cm³/mol. The summed E-state index contributed by atoms with van der Waals surface area (Å²) in [7, 11) is 1.38. The van der Waals surface area contributed by atoms with Gasteiger partial charge in [0, 0.05) is 6.07 Å². The second kappa shape index (κ2) is 6.87. The van der Waals surface area contributed by atoms with Crippen LogP contribution in [0.15, 0.2) is 30.3 Å². The Hall–Kier alpha value is -3.75. The van der Waals surface area contributed by atoms with Gasteiger partial charge in [0.15, 0.2) is 17.3 Å². The van der Waals surface area contributed by atoms with E-state index in [9.17, 15) is 15.0 Å². The first-order chi connectivity index (χ1) is 12.8. The summed E-state index contributed by atoms with van der Waals surface area (Å²) < 4.78 is 6.56. The number of phenols is 2. The van der Waals surface area contributed by atoms with Crippen LogP contribution >= 0.6 is 0 Å². The second-order valence-corrected chi connectivity index (χ2v) is 6.00. The normalized spacial score (nSPS) is 10.6. The van der Waals surface area contributed by atoms with Crippen molar-refractivity contribution in [3.05, 3.63) is 41.5 Å². The van der Waals surface area contributed by atoms with E-state index in [0.29, 0.717) is 5.69 Å². The molecule has 2 aromatic carbocycles. The molecule has 4 N–H and O–H groups in total. The summed E-state index contributed by atoms with van der Waals surface area (Å²) >= 11 is 0. The van der Waals surface area contributed by atoms with Gasteiger partial charge >= 0.3 is 6.09 Å². The van der Waals surface area contributed by atoms with E-state index in [4.69, 9.17) is 9.84 Å². The van der Waals surface area contributed by atoms with Gasteiger partial charge in [-0.25, -0.2) is 4.79 Å². The summed E-state index contributed by atoms with van der Waals surface area (Å²) in [4.78, 5) is 11.1. The maximum atomic E-state index is 11.1. The van der Waals surface area contributed by atoms with Crippen LogP contribution in [0.1, 0.15) is 11.1 Å². The number of aryl methyl sites for hydroxylation is 2. The first-order valence-electron chi connectivity index (χ1n) is 7.94. The van der Waals surface area contributed by atoms with Crippen molar-refractivity contribution in [3.8, 4) is 34.3 Å². The molecule has 0 aliphatic carbocycles. The van der Waals surface area contributed by atoms with Gasteiger partial charge in [0.05, 0.1) is 18.4 Å². The fourth-order valence-corrected chi connectivity index (χ4v) is 2.86. The molecule has 0 radical (unpaired) electrons. The molecule has 0 fully saturated rings. The Morgan fingerprint density at radius 1 is 1.04 bits per heavy atom. The molecule has 1 heterocycles. The quantitative estimate of drug-likeness (QED) is 0.555. The van der Waals surface area contributed by atoms with Crippen LogP contribution in [0.4, 0.5) is 10.7 Å². The summed E-state index contributed by atoms with van der Waals surface area (Å²) in [6.07, 6.45) is -1.30. The van der Waals surface area contributed by atoms with Crippen LogP contribution in [0.5, 0.6) is 17.2 Å². The average Bonchev–Trinajstić information content (AvgIpc) is 2.96. The van der Waals surface area contributed by atoms with Crippen LogP contribution in [-0.4, -0.2) is 43.3 Å². The smallest absolute Gasteiger partial charge is 0.411 e. The summed E-state index contributed by atoms with van der Waals surface area (Å²) in [5.41, 5.74) is 2.74. The summed E-state index contributed by atoms with van der Waals surface area (Å²) in [5.74, 6) is -0.215. The zero-order valence-corrected chi connectivity index (χ0v) is 14.9. The van der Waals surface area contributed by atoms with Crippen molar-refractivity contribution < 1.29 is 24.9 Å². The first-order valence-corrected chi connectivity index (χ1v) is 7.94. The summed E-state index contributed by atoms with van der Waals surface area (Å²) in [6.45, 7) is 3.82. The van der Waals surface area contributed by atoms with Crippen LogP contribution in [-0.2, 0) is 0 Å². The highest BCUT2D eigenvalue weighted by atomic mass is 16.5. The van der Waals surface area contributed by atoms with Crippen molar-refractivity contribution in [1.82, 2.24) is 14.8 Å². The van der Waals surface area contributed by atoms with Crippen LogP contribution in [0.2, 0.25) is 0 Å². The molecule has 9 nitrogen and oxygen atoms in total. The number of nitrogens with one attached hydrogen (secondary N) is 1. The molecule has 0 bridgehead atoms. The van der Waals surface area contributed by atoms with Gasteiger partial charge in [-0.3, -0.25) is 9.88 Å². The number of amides is 1. The van der Waals surface area contributed by atoms with Crippen LogP contribution < -0.4 is 10.1 Å². The second-order valence-electron chi connectivity index (χ2n) is 6.00. The molecule has 0 saturated carbocycles. The third-order valence-corrected chi connectivity index (χ3v) is 3.88. The van der Waals surface area contributed by atoms with E-state index >= 15 is 0 Å². The van der Waals surface area contributed by atoms with Gasteiger partial charge in [0.25, 0.3) is 0 Å². The summed E-state index contributed by atoms with van der Waals surface area (Å²) in [5, 5.41) is 39.4. The number of anilines is 1. The molecule has 0 unspecified atom stereocenters. The number of hydrogen-bond donors (Lipinski definition) is 4. The molecule has 140 valence electrons. The lowest BCUT2D eigenvalue weighted by Crippen LogP contribution is -2.13. The van der Waals surface area contributed by atoms with Gasteiger partial charge in [-0.15, -0.1) is 10.2 Å². The third kappa shape index (κ3) is 3.47. The molecular weight excluding hydrogens is 352 g/mol. The molecule has 3 rings (SSSR count). The Bertz CT molecular complexity index is 1010. The minimum atomic E-state index is -1.30. The number of phenolic OH excluding ortho intramolecular Hbond substituents is 2. The Labute approximate surface area is 154 Å². The number of carbonyl (C=O) groups is 1. The lowest BCUT2D eigenvalue weighted by Gasteiger charge is -2.14. The standard InChI is InChI=1S/C18H18N4O5/c1-9-4-10(2)6-11(5-9)22-16(20-21-17(22)19-18(25)26)12-7-15(27-3)14(24)8-13(12)23/h4-8,23-24H,1-3H3,(H,19,21)(H,25,26). The van der Waals surface area contributed by atoms with Gasteiger partial charge in [-0.05, 0) is 43.2 Å². The Morgan fingerprint density at radius 3 is 2.30 bits per heavy atom. The van der Waals surface area contributed by atoms with Gasteiger partial charge in [-0.1, -0.05) is 6.07 Å². The molecule has 3 aromatic rings. The van der Waals surface area contributed by atoms with E-state index in [1.807, 2.05) is 32.0 Å². The number of ether oxygens (including phenoxy) is 1. The number of nitrogens with zero attached hydrogens (tertiary/aromatic N) is 3. The SMILES string of the molecule is COc1cc(-c2nnc(NC(=O)O)n2-c2cc(C)cc(C)c2)c(O)cc1O. The van der Waals surface area contributed by atoms with Crippen molar-refractivity contribution in [2.45, 2.75) is 13.8 Å². The number of rotatable bonds is 4.